The van der Waals surface area contributed by atoms with Crippen LogP contribution in [-0.4, -0.2) is 41.9 Å². The average Bonchev–Trinajstić information content (AvgIpc) is 2.50. The van der Waals surface area contributed by atoms with Crippen LogP contribution in [0.4, 0.5) is 4.79 Å². The molecule has 1 fully saturated rings. The van der Waals surface area contributed by atoms with Crippen molar-refractivity contribution in [2.75, 3.05) is 13.7 Å². The van der Waals surface area contributed by atoms with E-state index in [0.29, 0.717) is 25.8 Å². The lowest BCUT2D eigenvalue weighted by molar-refractivity contribution is -0.186. The van der Waals surface area contributed by atoms with E-state index in [4.69, 9.17) is 9.57 Å². The Morgan fingerprint density at radius 3 is 2.32 bits per heavy atom. The number of benzene rings is 1. The molecular formula is C19H28N2O4. The largest absolute Gasteiger partial charge is 0.444 e. The fourth-order valence-corrected chi connectivity index (χ4v) is 2.81. The molecule has 25 heavy (non-hydrogen) atoms. The van der Waals surface area contributed by atoms with Gasteiger partial charge < -0.3 is 10.1 Å². The highest BCUT2D eigenvalue weighted by atomic mass is 16.7. The second-order valence-electron chi connectivity index (χ2n) is 7.39. The van der Waals surface area contributed by atoms with Crippen LogP contribution in [-0.2, 0) is 20.8 Å². The van der Waals surface area contributed by atoms with Crippen molar-refractivity contribution in [3.8, 4) is 0 Å². The van der Waals surface area contributed by atoms with Gasteiger partial charge in [-0.25, -0.2) is 9.86 Å². The SMILES string of the molecule is CON(CCc1ccccc1)C(=O)C1(NC(=O)OC(C)(C)C)CCC1. The topological polar surface area (TPSA) is 67.9 Å². The van der Waals surface area contributed by atoms with Gasteiger partial charge in [0, 0.05) is 0 Å². The normalized spacial score (nSPS) is 15.8. The molecule has 0 bridgehead atoms. The Balaban J connectivity index is 1.99. The van der Waals surface area contributed by atoms with Gasteiger partial charge in [-0.3, -0.25) is 9.63 Å². The maximum Gasteiger partial charge on any atom is 0.408 e. The van der Waals surface area contributed by atoms with Gasteiger partial charge in [-0.2, -0.15) is 0 Å². The summed E-state index contributed by atoms with van der Waals surface area (Å²) in [6.07, 6.45) is 2.19. The minimum atomic E-state index is -0.922. The number of amides is 2. The molecule has 0 spiro atoms. The van der Waals surface area contributed by atoms with Gasteiger partial charge in [-0.15, -0.1) is 0 Å². The second kappa shape index (κ2) is 7.87. The lowest BCUT2D eigenvalue weighted by Gasteiger charge is -2.43. The first kappa shape index (κ1) is 19.2. The molecule has 2 amide bonds. The van der Waals surface area contributed by atoms with Crippen molar-refractivity contribution in [2.45, 2.75) is 57.6 Å². The van der Waals surface area contributed by atoms with Crippen molar-refractivity contribution < 1.29 is 19.2 Å². The number of nitrogens with zero attached hydrogens (tertiary/aromatic N) is 1. The summed E-state index contributed by atoms with van der Waals surface area (Å²) in [5.74, 6) is -0.219. The van der Waals surface area contributed by atoms with Crippen molar-refractivity contribution >= 4 is 12.0 Å². The Bertz CT molecular complexity index is 591. The van der Waals surface area contributed by atoms with Crippen molar-refractivity contribution in [3.63, 3.8) is 0 Å². The van der Waals surface area contributed by atoms with Crippen LogP contribution in [0.15, 0.2) is 30.3 Å². The first-order chi connectivity index (χ1) is 11.8. The molecule has 2 rings (SSSR count). The van der Waals surface area contributed by atoms with Crippen LogP contribution in [0.25, 0.3) is 0 Å². The Morgan fingerprint density at radius 1 is 1.20 bits per heavy atom. The Morgan fingerprint density at radius 2 is 1.84 bits per heavy atom. The zero-order chi connectivity index (χ0) is 18.5. The van der Waals surface area contributed by atoms with Gasteiger partial charge in [0.05, 0.1) is 13.7 Å². The highest BCUT2D eigenvalue weighted by molar-refractivity contribution is 5.90. The van der Waals surface area contributed by atoms with Gasteiger partial charge in [-0.05, 0) is 52.0 Å². The number of hydrogen-bond acceptors (Lipinski definition) is 4. The molecule has 0 aliphatic heterocycles. The summed E-state index contributed by atoms with van der Waals surface area (Å²) in [5, 5.41) is 4.10. The monoisotopic (exact) mass is 348 g/mol. The third kappa shape index (κ3) is 5.19. The van der Waals surface area contributed by atoms with Gasteiger partial charge in [0.25, 0.3) is 5.91 Å². The van der Waals surface area contributed by atoms with Gasteiger partial charge in [0.15, 0.2) is 0 Å². The summed E-state index contributed by atoms with van der Waals surface area (Å²) < 4.78 is 5.30. The van der Waals surface area contributed by atoms with E-state index >= 15 is 0 Å². The molecule has 138 valence electrons. The smallest absolute Gasteiger partial charge is 0.408 e. The molecule has 0 aromatic heterocycles. The Kier molecular flexibility index (Phi) is 6.06. The number of alkyl carbamates (subject to hydrolysis) is 1. The number of hydroxylamine groups is 2. The lowest BCUT2D eigenvalue weighted by atomic mass is 9.76. The average molecular weight is 348 g/mol. The van der Waals surface area contributed by atoms with Crippen LogP contribution >= 0.6 is 0 Å². The molecule has 1 aromatic carbocycles. The van der Waals surface area contributed by atoms with Crippen molar-refractivity contribution in [1.29, 1.82) is 0 Å². The van der Waals surface area contributed by atoms with Crippen molar-refractivity contribution in [1.82, 2.24) is 10.4 Å². The number of carbonyl (C=O) groups is 2. The van der Waals surface area contributed by atoms with Gasteiger partial charge in [0.2, 0.25) is 0 Å². The molecule has 1 saturated carbocycles. The fourth-order valence-electron chi connectivity index (χ4n) is 2.81. The van der Waals surface area contributed by atoms with Gasteiger partial charge in [0.1, 0.15) is 11.1 Å². The van der Waals surface area contributed by atoms with Crippen molar-refractivity contribution in [2.24, 2.45) is 0 Å². The van der Waals surface area contributed by atoms with E-state index in [9.17, 15) is 9.59 Å². The predicted octanol–water partition coefficient (Wildman–Crippen LogP) is 3.07. The first-order valence-electron chi connectivity index (χ1n) is 8.67. The minimum Gasteiger partial charge on any atom is -0.444 e. The second-order valence-corrected chi connectivity index (χ2v) is 7.39. The number of carbonyl (C=O) groups excluding carboxylic acids is 2. The molecule has 0 radical (unpaired) electrons. The molecule has 1 aromatic rings. The maximum atomic E-state index is 12.9. The molecular weight excluding hydrogens is 320 g/mol. The molecule has 6 nitrogen and oxygen atoms in total. The van der Waals surface area contributed by atoms with E-state index in [1.807, 2.05) is 30.3 Å². The van der Waals surface area contributed by atoms with E-state index in [1.165, 1.54) is 12.2 Å². The van der Waals surface area contributed by atoms with Crippen LogP contribution < -0.4 is 5.32 Å². The first-order valence-corrected chi connectivity index (χ1v) is 8.67. The zero-order valence-electron chi connectivity index (χ0n) is 15.5. The van der Waals surface area contributed by atoms with E-state index in [1.54, 1.807) is 20.8 Å². The van der Waals surface area contributed by atoms with E-state index in [-0.39, 0.29) is 5.91 Å². The highest BCUT2D eigenvalue weighted by Gasteiger charge is 2.48. The Labute approximate surface area is 149 Å². The summed E-state index contributed by atoms with van der Waals surface area (Å²) in [6.45, 7) is 5.81. The predicted molar refractivity (Wildman–Crippen MR) is 94.8 cm³/mol. The summed E-state index contributed by atoms with van der Waals surface area (Å²) in [6, 6.07) is 9.90. The molecule has 6 heteroatoms. The lowest BCUT2D eigenvalue weighted by Crippen LogP contribution is -2.64. The van der Waals surface area contributed by atoms with Crippen LogP contribution in [0, 0.1) is 0 Å². The number of hydrogen-bond donors (Lipinski definition) is 1. The van der Waals surface area contributed by atoms with Gasteiger partial charge in [-0.1, -0.05) is 30.3 Å². The minimum absolute atomic E-state index is 0.219. The van der Waals surface area contributed by atoms with Crippen LogP contribution in [0.3, 0.4) is 0 Å². The number of rotatable bonds is 6. The molecule has 0 heterocycles. The van der Waals surface area contributed by atoms with E-state index < -0.39 is 17.2 Å². The molecule has 1 aliphatic carbocycles. The highest BCUT2D eigenvalue weighted by Crippen LogP contribution is 2.34. The van der Waals surface area contributed by atoms with E-state index in [2.05, 4.69) is 5.32 Å². The fraction of sp³-hybridized carbons (Fsp3) is 0.579. The summed E-state index contributed by atoms with van der Waals surface area (Å²) in [7, 11) is 1.47. The summed E-state index contributed by atoms with van der Waals surface area (Å²) in [4.78, 5) is 30.3. The zero-order valence-corrected chi connectivity index (χ0v) is 15.5. The van der Waals surface area contributed by atoms with Crippen LogP contribution in [0.1, 0.15) is 45.6 Å². The standard InChI is InChI=1S/C19H28N2O4/c1-18(2,3)25-17(23)20-19(12-8-13-19)16(22)21(24-4)14-11-15-9-6-5-7-10-15/h5-7,9-10H,8,11-14H2,1-4H3,(H,20,23). The molecule has 0 saturated heterocycles. The van der Waals surface area contributed by atoms with E-state index in [0.717, 1.165) is 12.0 Å². The summed E-state index contributed by atoms with van der Waals surface area (Å²) >= 11 is 0. The maximum absolute atomic E-state index is 12.9. The molecule has 0 unspecified atom stereocenters. The third-order valence-corrected chi connectivity index (χ3v) is 4.25. The third-order valence-electron chi connectivity index (χ3n) is 4.25. The number of ether oxygens (including phenoxy) is 1. The molecule has 1 N–H and O–H groups in total. The van der Waals surface area contributed by atoms with Crippen LogP contribution in [0.2, 0.25) is 0 Å². The van der Waals surface area contributed by atoms with Gasteiger partial charge >= 0.3 is 6.09 Å². The summed E-state index contributed by atoms with van der Waals surface area (Å²) in [5.41, 5.74) is -0.401. The molecule has 1 aliphatic rings. The molecule has 0 atom stereocenters. The van der Waals surface area contributed by atoms with Crippen molar-refractivity contribution in [3.05, 3.63) is 35.9 Å². The quantitative estimate of drug-likeness (QED) is 0.802. The number of nitrogens with one attached hydrogen (secondary N) is 1. The Hall–Kier alpha value is -2.08. The van der Waals surface area contributed by atoms with Crippen LogP contribution in [0.5, 0.6) is 0 Å².